The highest BCUT2D eigenvalue weighted by Gasteiger charge is 2.19. The Morgan fingerprint density at radius 3 is 2.48 bits per heavy atom. The number of fused-ring (bicyclic) bond motifs is 1. The predicted octanol–water partition coefficient (Wildman–Crippen LogP) is 1.52. The summed E-state index contributed by atoms with van der Waals surface area (Å²) in [6.45, 7) is 5.72. The van der Waals surface area contributed by atoms with E-state index in [0.29, 0.717) is 22.9 Å². The lowest BCUT2D eigenvalue weighted by Gasteiger charge is -2.09. The molecule has 3 rings (SSSR count). The molecule has 0 atom stereocenters. The van der Waals surface area contributed by atoms with Crippen molar-refractivity contribution in [2.75, 3.05) is 14.2 Å². The number of benzene rings is 1. The van der Waals surface area contributed by atoms with Gasteiger partial charge in [-0.25, -0.2) is 14.3 Å². The fourth-order valence-electron chi connectivity index (χ4n) is 3.16. The van der Waals surface area contributed by atoms with Crippen LogP contribution < -0.4 is 20.7 Å². The Morgan fingerprint density at radius 1 is 1.16 bits per heavy atom. The van der Waals surface area contributed by atoms with Gasteiger partial charge in [0.25, 0.3) is 5.56 Å². The molecular weight excluding hydrogens is 396 g/mol. The van der Waals surface area contributed by atoms with Crippen LogP contribution in [0.5, 0.6) is 11.5 Å². The molecular formula is C23H22N4O4. The largest absolute Gasteiger partial charge is 0.493 e. The standard InChI is InChI=1S/C23H22N4O4/c1-7-12-26-22(28)20-21(27(23(26)29)14-15(2)3)24-19(25(20)4)11-9-16-8-10-17(30-5)18(13-16)31-6/h1,8,10,13H,2,12,14H2,3-6H3. The van der Waals surface area contributed by atoms with Crippen LogP contribution in [0.25, 0.3) is 11.2 Å². The number of methoxy groups -OCH3 is 2. The maximum absolute atomic E-state index is 12.9. The molecule has 3 aromatic rings. The van der Waals surface area contributed by atoms with Gasteiger partial charge in [0, 0.05) is 19.2 Å². The summed E-state index contributed by atoms with van der Waals surface area (Å²) >= 11 is 0. The Morgan fingerprint density at radius 2 is 1.87 bits per heavy atom. The van der Waals surface area contributed by atoms with E-state index in [0.717, 1.165) is 10.1 Å². The molecule has 0 aliphatic rings. The van der Waals surface area contributed by atoms with E-state index in [9.17, 15) is 9.59 Å². The topological polar surface area (TPSA) is 80.3 Å². The van der Waals surface area contributed by atoms with Crippen LogP contribution in [-0.4, -0.2) is 32.9 Å². The lowest BCUT2D eigenvalue weighted by molar-refractivity contribution is 0.355. The van der Waals surface area contributed by atoms with Gasteiger partial charge in [-0.2, -0.15) is 0 Å². The van der Waals surface area contributed by atoms with Crippen molar-refractivity contribution < 1.29 is 9.47 Å². The second kappa shape index (κ2) is 8.68. The van der Waals surface area contributed by atoms with E-state index in [1.54, 1.807) is 51.0 Å². The Bertz CT molecular complexity index is 1400. The third-order valence-electron chi connectivity index (χ3n) is 4.62. The minimum Gasteiger partial charge on any atom is -0.493 e. The van der Waals surface area contributed by atoms with Gasteiger partial charge in [0.2, 0.25) is 0 Å². The Hall–Kier alpha value is -4.17. The number of terminal acetylenes is 1. The molecule has 0 aliphatic carbocycles. The predicted molar refractivity (Wildman–Crippen MR) is 118 cm³/mol. The summed E-state index contributed by atoms with van der Waals surface area (Å²) in [4.78, 5) is 30.2. The molecule has 0 bridgehead atoms. The van der Waals surface area contributed by atoms with Crippen molar-refractivity contribution in [3.05, 3.63) is 62.6 Å². The molecule has 0 saturated carbocycles. The molecule has 2 heterocycles. The zero-order valence-electron chi connectivity index (χ0n) is 17.9. The zero-order valence-corrected chi connectivity index (χ0v) is 17.9. The molecule has 0 aliphatic heterocycles. The number of imidazole rings is 1. The SMILES string of the molecule is C#CCn1c(=O)c2c(nc(C#Cc3ccc(OC)c(OC)c3)n2C)n(CC(=C)C)c1=O. The van der Waals surface area contributed by atoms with Crippen LogP contribution >= 0.6 is 0 Å². The third-order valence-corrected chi connectivity index (χ3v) is 4.62. The van der Waals surface area contributed by atoms with Gasteiger partial charge in [0.15, 0.2) is 28.5 Å². The maximum Gasteiger partial charge on any atom is 0.333 e. The first-order valence-electron chi connectivity index (χ1n) is 9.34. The average molecular weight is 418 g/mol. The number of ether oxygens (including phenoxy) is 2. The summed E-state index contributed by atoms with van der Waals surface area (Å²) in [7, 11) is 4.77. The van der Waals surface area contributed by atoms with Crippen molar-refractivity contribution in [1.82, 2.24) is 18.7 Å². The molecule has 0 radical (unpaired) electrons. The van der Waals surface area contributed by atoms with Crippen molar-refractivity contribution >= 4 is 11.2 Å². The molecule has 8 nitrogen and oxygen atoms in total. The molecule has 0 N–H and O–H groups in total. The number of hydrogen-bond acceptors (Lipinski definition) is 5. The lowest BCUT2D eigenvalue weighted by Crippen LogP contribution is -2.40. The van der Waals surface area contributed by atoms with Gasteiger partial charge < -0.3 is 14.0 Å². The van der Waals surface area contributed by atoms with Crippen LogP contribution in [0, 0.1) is 24.2 Å². The van der Waals surface area contributed by atoms with Crippen LogP contribution in [0.4, 0.5) is 0 Å². The van der Waals surface area contributed by atoms with Crippen LogP contribution in [-0.2, 0) is 20.1 Å². The number of hydrogen-bond donors (Lipinski definition) is 0. The summed E-state index contributed by atoms with van der Waals surface area (Å²) in [5, 5.41) is 0. The van der Waals surface area contributed by atoms with Gasteiger partial charge in [0.1, 0.15) is 0 Å². The van der Waals surface area contributed by atoms with E-state index >= 15 is 0 Å². The maximum atomic E-state index is 12.9. The molecule has 31 heavy (non-hydrogen) atoms. The van der Waals surface area contributed by atoms with Crippen molar-refractivity contribution in [2.24, 2.45) is 7.05 Å². The zero-order chi connectivity index (χ0) is 22.7. The summed E-state index contributed by atoms with van der Waals surface area (Å²) in [5.74, 6) is 9.79. The number of aryl methyl sites for hydroxylation is 1. The summed E-state index contributed by atoms with van der Waals surface area (Å²) in [6.07, 6.45) is 5.35. The fourth-order valence-corrected chi connectivity index (χ4v) is 3.16. The highest BCUT2D eigenvalue weighted by atomic mass is 16.5. The Kier molecular flexibility index (Phi) is 6.03. The van der Waals surface area contributed by atoms with Gasteiger partial charge in [-0.15, -0.1) is 6.42 Å². The smallest absolute Gasteiger partial charge is 0.333 e. The van der Waals surface area contributed by atoms with Gasteiger partial charge in [-0.3, -0.25) is 9.36 Å². The molecule has 8 heteroatoms. The van der Waals surface area contributed by atoms with E-state index < -0.39 is 11.2 Å². The number of aromatic nitrogens is 4. The third kappa shape index (κ3) is 3.96. The number of allylic oxidation sites excluding steroid dienone is 1. The van der Waals surface area contributed by atoms with E-state index in [4.69, 9.17) is 15.9 Å². The second-order valence-corrected chi connectivity index (χ2v) is 6.91. The quantitative estimate of drug-likeness (QED) is 0.464. The van der Waals surface area contributed by atoms with Gasteiger partial charge in [-0.05, 0) is 31.0 Å². The monoisotopic (exact) mass is 418 g/mol. The van der Waals surface area contributed by atoms with E-state index in [1.165, 1.54) is 4.57 Å². The van der Waals surface area contributed by atoms with Gasteiger partial charge in [-0.1, -0.05) is 24.0 Å². The molecule has 0 amide bonds. The first-order chi connectivity index (χ1) is 14.8. The molecule has 0 saturated heterocycles. The Labute approximate surface area is 179 Å². The van der Waals surface area contributed by atoms with E-state index in [-0.39, 0.29) is 24.3 Å². The van der Waals surface area contributed by atoms with Crippen LogP contribution in [0.15, 0.2) is 39.9 Å². The summed E-state index contributed by atoms with van der Waals surface area (Å²) < 4.78 is 14.5. The van der Waals surface area contributed by atoms with Crippen molar-refractivity contribution in [1.29, 1.82) is 0 Å². The summed E-state index contributed by atoms with van der Waals surface area (Å²) in [5.41, 5.74) is 0.853. The molecule has 1 aromatic carbocycles. The van der Waals surface area contributed by atoms with E-state index in [1.807, 2.05) is 0 Å². The van der Waals surface area contributed by atoms with Crippen molar-refractivity contribution in [3.8, 4) is 35.7 Å². The van der Waals surface area contributed by atoms with Gasteiger partial charge in [0.05, 0.1) is 20.8 Å². The molecule has 0 spiro atoms. The highest BCUT2D eigenvalue weighted by molar-refractivity contribution is 5.72. The first kappa shape index (κ1) is 21.5. The van der Waals surface area contributed by atoms with Crippen LogP contribution in [0.1, 0.15) is 18.3 Å². The van der Waals surface area contributed by atoms with Gasteiger partial charge >= 0.3 is 5.69 Å². The van der Waals surface area contributed by atoms with Crippen LogP contribution in [0.3, 0.4) is 0 Å². The highest BCUT2D eigenvalue weighted by Crippen LogP contribution is 2.27. The second-order valence-electron chi connectivity index (χ2n) is 6.91. The van der Waals surface area contributed by atoms with Crippen molar-refractivity contribution in [2.45, 2.75) is 20.0 Å². The molecule has 0 unspecified atom stereocenters. The Balaban J connectivity index is 2.22. The molecule has 0 fully saturated rings. The van der Waals surface area contributed by atoms with E-state index in [2.05, 4.69) is 29.3 Å². The first-order valence-corrected chi connectivity index (χ1v) is 9.34. The average Bonchev–Trinajstić information content (AvgIpc) is 3.08. The minimum absolute atomic E-state index is 0.137. The van der Waals surface area contributed by atoms with Crippen molar-refractivity contribution in [3.63, 3.8) is 0 Å². The van der Waals surface area contributed by atoms with Crippen LogP contribution in [0.2, 0.25) is 0 Å². The number of rotatable bonds is 5. The fraction of sp³-hybridized carbons (Fsp3) is 0.261. The minimum atomic E-state index is -0.532. The summed E-state index contributed by atoms with van der Waals surface area (Å²) in [6, 6.07) is 5.28. The molecule has 158 valence electrons. The normalized spacial score (nSPS) is 10.3. The number of nitrogens with zero attached hydrogens (tertiary/aromatic N) is 4. The molecule has 2 aromatic heterocycles. The lowest BCUT2D eigenvalue weighted by atomic mass is 10.2.